The fraction of sp³-hybridized carbons (Fsp3) is 0.533. The van der Waals surface area contributed by atoms with E-state index >= 15 is 0 Å². The Morgan fingerprint density at radius 1 is 1.32 bits per heavy atom. The lowest BCUT2D eigenvalue weighted by Crippen LogP contribution is -2.06. The van der Waals surface area contributed by atoms with Gasteiger partial charge in [0.15, 0.2) is 0 Å². The van der Waals surface area contributed by atoms with E-state index in [4.69, 9.17) is 11.6 Å². The van der Waals surface area contributed by atoms with Crippen molar-refractivity contribution in [3.8, 4) is 0 Å². The third kappa shape index (κ3) is 2.92. The molecule has 1 saturated carbocycles. The maximum absolute atomic E-state index is 6.05. The minimum Gasteiger partial charge on any atom is -0.327 e. The van der Waals surface area contributed by atoms with E-state index in [1.165, 1.54) is 41.2 Å². The molecule has 1 heterocycles. The van der Waals surface area contributed by atoms with Crippen molar-refractivity contribution in [1.29, 1.82) is 0 Å². The molecule has 1 fully saturated rings. The van der Waals surface area contributed by atoms with Gasteiger partial charge < -0.3 is 4.57 Å². The average Bonchev–Trinajstić information content (AvgIpc) is 3.02. The molecular weight excluding hydrogens is 371 g/mol. The summed E-state index contributed by atoms with van der Waals surface area (Å²) >= 11 is 8.38. The lowest BCUT2D eigenvalue weighted by molar-refractivity contribution is 0.458. The zero-order chi connectivity index (χ0) is 13.2. The minimum atomic E-state index is 0.496. The highest BCUT2D eigenvalue weighted by molar-refractivity contribution is 14.1. The SMILES string of the molecule is ClCc1nc2cc(I)ccc2n1CCC1CCCC1. The average molecular weight is 389 g/mol. The van der Waals surface area contributed by atoms with E-state index in [9.17, 15) is 0 Å². The number of imidazole rings is 1. The third-order valence-electron chi connectivity index (χ3n) is 4.14. The Labute approximate surface area is 132 Å². The summed E-state index contributed by atoms with van der Waals surface area (Å²) in [6, 6.07) is 6.46. The summed E-state index contributed by atoms with van der Waals surface area (Å²) < 4.78 is 3.54. The van der Waals surface area contributed by atoms with E-state index in [0.29, 0.717) is 5.88 Å². The summed E-state index contributed by atoms with van der Waals surface area (Å²) in [4.78, 5) is 4.66. The van der Waals surface area contributed by atoms with Crippen molar-refractivity contribution in [3.05, 3.63) is 27.6 Å². The Morgan fingerprint density at radius 3 is 2.84 bits per heavy atom. The fourth-order valence-corrected chi connectivity index (χ4v) is 3.79. The predicted molar refractivity (Wildman–Crippen MR) is 88.6 cm³/mol. The number of rotatable bonds is 4. The van der Waals surface area contributed by atoms with E-state index in [2.05, 4.69) is 50.3 Å². The summed E-state index contributed by atoms with van der Waals surface area (Å²) in [6.45, 7) is 1.06. The second kappa shape index (κ2) is 6.00. The highest BCUT2D eigenvalue weighted by atomic mass is 127. The number of nitrogens with zero attached hydrogens (tertiary/aromatic N) is 2. The Kier molecular flexibility index (Phi) is 4.32. The Balaban J connectivity index is 1.87. The molecule has 0 saturated heterocycles. The molecule has 0 amide bonds. The molecule has 1 aromatic carbocycles. The highest BCUT2D eigenvalue weighted by Gasteiger charge is 2.16. The Hall–Kier alpha value is -0.290. The standard InChI is InChI=1S/C15H18ClIN2/c16-10-15-18-13-9-12(17)5-6-14(13)19(15)8-7-11-3-1-2-4-11/h5-6,9,11H,1-4,7-8,10H2. The van der Waals surface area contributed by atoms with Crippen LogP contribution >= 0.6 is 34.2 Å². The minimum absolute atomic E-state index is 0.496. The molecule has 3 rings (SSSR count). The Morgan fingerprint density at radius 2 is 2.11 bits per heavy atom. The molecular formula is C15H18ClIN2. The van der Waals surface area contributed by atoms with Gasteiger partial charge in [-0.2, -0.15) is 0 Å². The molecule has 0 spiro atoms. The molecule has 4 heteroatoms. The highest BCUT2D eigenvalue weighted by Crippen LogP contribution is 2.29. The normalized spacial score (nSPS) is 16.5. The van der Waals surface area contributed by atoms with Gasteiger partial charge in [-0.05, 0) is 53.1 Å². The summed E-state index contributed by atoms with van der Waals surface area (Å²) in [5.41, 5.74) is 2.31. The largest absolute Gasteiger partial charge is 0.327 e. The number of aryl methyl sites for hydroxylation is 1. The molecule has 1 aliphatic carbocycles. The first-order valence-electron chi connectivity index (χ1n) is 6.98. The van der Waals surface area contributed by atoms with Gasteiger partial charge >= 0.3 is 0 Å². The van der Waals surface area contributed by atoms with Crippen LogP contribution in [0.4, 0.5) is 0 Å². The summed E-state index contributed by atoms with van der Waals surface area (Å²) in [6.07, 6.45) is 6.90. The van der Waals surface area contributed by atoms with E-state index < -0.39 is 0 Å². The van der Waals surface area contributed by atoms with Crippen LogP contribution < -0.4 is 0 Å². The summed E-state index contributed by atoms with van der Waals surface area (Å²) in [5.74, 6) is 2.41. The van der Waals surface area contributed by atoms with Crippen molar-refractivity contribution in [2.45, 2.75) is 44.5 Å². The Bertz CT molecular complexity index is 573. The number of halogens is 2. The molecule has 19 heavy (non-hydrogen) atoms. The number of aromatic nitrogens is 2. The maximum atomic E-state index is 6.05. The zero-order valence-electron chi connectivity index (χ0n) is 10.9. The molecule has 0 N–H and O–H groups in total. The number of benzene rings is 1. The van der Waals surface area contributed by atoms with Crippen LogP contribution in [0.25, 0.3) is 11.0 Å². The molecule has 0 aliphatic heterocycles. The molecule has 102 valence electrons. The van der Waals surface area contributed by atoms with Gasteiger partial charge in [0.25, 0.3) is 0 Å². The van der Waals surface area contributed by atoms with Crippen LogP contribution in [0.2, 0.25) is 0 Å². The molecule has 2 aromatic rings. The molecule has 1 aliphatic rings. The van der Waals surface area contributed by atoms with Gasteiger partial charge in [0, 0.05) is 10.1 Å². The van der Waals surface area contributed by atoms with Gasteiger partial charge in [0.05, 0.1) is 16.9 Å². The van der Waals surface area contributed by atoms with Gasteiger partial charge in [-0.15, -0.1) is 11.6 Å². The molecule has 0 unspecified atom stereocenters. The van der Waals surface area contributed by atoms with Crippen LogP contribution in [0.1, 0.15) is 37.9 Å². The van der Waals surface area contributed by atoms with Gasteiger partial charge in [-0.1, -0.05) is 25.7 Å². The first-order chi connectivity index (χ1) is 9.28. The second-order valence-corrected chi connectivity index (χ2v) is 6.90. The van der Waals surface area contributed by atoms with E-state index in [-0.39, 0.29) is 0 Å². The fourth-order valence-electron chi connectivity index (χ4n) is 3.12. The van der Waals surface area contributed by atoms with Crippen LogP contribution in [0.5, 0.6) is 0 Å². The van der Waals surface area contributed by atoms with Crippen molar-refractivity contribution in [2.75, 3.05) is 0 Å². The topological polar surface area (TPSA) is 17.8 Å². The first-order valence-corrected chi connectivity index (χ1v) is 8.60. The van der Waals surface area contributed by atoms with Crippen LogP contribution in [-0.2, 0) is 12.4 Å². The quantitative estimate of drug-likeness (QED) is 0.535. The molecule has 0 bridgehead atoms. The van der Waals surface area contributed by atoms with E-state index in [1.54, 1.807) is 0 Å². The predicted octanol–water partition coefficient (Wildman–Crippen LogP) is 4.96. The number of alkyl halides is 1. The van der Waals surface area contributed by atoms with Crippen LogP contribution in [-0.4, -0.2) is 9.55 Å². The van der Waals surface area contributed by atoms with Gasteiger partial charge in [-0.25, -0.2) is 4.98 Å². The van der Waals surface area contributed by atoms with Crippen LogP contribution in [0.3, 0.4) is 0 Å². The number of hydrogen-bond acceptors (Lipinski definition) is 1. The molecule has 1 aromatic heterocycles. The molecule has 2 nitrogen and oxygen atoms in total. The zero-order valence-corrected chi connectivity index (χ0v) is 13.8. The molecule has 0 atom stereocenters. The smallest absolute Gasteiger partial charge is 0.124 e. The lowest BCUT2D eigenvalue weighted by atomic mass is 10.0. The van der Waals surface area contributed by atoms with Crippen LogP contribution in [0.15, 0.2) is 18.2 Å². The maximum Gasteiger partial charge on any atom is 0.124 e. The monoisotopic (exact) mass is 388 g/mol. The van der Waals surface area contributed by atoms with Crippen LogP contribution in [0, 0.1) is 9.49 Å². The van der Waals surface area contributed by atoms with E-state index in [1.807, 2.05) is 0 Å². The second-order valence-electron chi connectivity index (χ2n) is 5.39. The van der Waals surface area contributed by atoms with Crippen molar-refractivity contribution < 1.29 is 0 Å². The molecule has 0 radical (unpaired) electrons. The van der Waals surface area contributed by atoms with Gasteiger partial charge in [-0.3, -0.25) is 0 Å². The van der Waals surface area contributed by atoms with Gasteiger partial charge in [0.1, 0.15) is 5.82 Å². The van der Waals surface area contributed by atoms with Crippen molar-refractivity contribution in [1.82, 2.24) is 9.55 Å². The summed E-state index contributed by atoms with van der Waals surface area (Å²) in [5, 5.41) is 0. The van der Waals surface area contributed by atoms with Crippen molar-refractivity contribution >= 4 is 45.2 Å². The van der Waals surface area contributed by atoms with Gasteiger partial charge in [0.2, 0.25) is 0 Å². The first kappa shape index (κ1) is 13.7. The number of fused-ring (bicyclic) bond motifs is 1. The van der Waals surface area contributed by atoms with E-state index in [0.717, 1.165) is 23.8 Å². The lowest BCUT2D eigenvalue weighted by Gasteiger charge is -2.12. The van der Waals surface area contributed by atoms with Crippen molar-refractivity contribution in [3.63, 3.8) is 0 Å². The third-order valence-corrected chi connectivity index (χ3v) is 5.05. The number of hydrogen-bond donors (Lipinski definition) is 0. The van der Waals surface area contributed by atoms with Crippen molar-refractivity contribution in [2.24, 2.45) is 5.92 Å². The summed E-state index contributed by atoms with van der Waals surface area (Å²) in [7, 11) is 0.